The number of carbonyl (C=O) groups excluding carboxylic acids is 2. The lowest BCUT2D eigenvalue weighted by atomic mass is 10.0. The zero-order valence-corrected chi connectivity index (χ0v) is 18.4. The van der Waals surface area contributed by atoms with E-state index in [-0.39, 0.29) is 19.6 Å². The van der Waals surface area contributed by atoms with Crippen molar-refractivity contribution in [2.45, 2.75) is 38.3 Å². The van der Waals surface area contributed by atoms with Gasteiger partial charge in [0.2, 0.25) is 0 Å². The van der Waals surface area contributed by atoms with E-state index in [0.29, 0.717) is 30.7 Å². The summed E-state index contributed by atoms with van der Waals surface area (Å²) in [4.78, 5) is 37.8. The third-order valence-corrected chi connectivity index (χ3v) is 5.55. The highest BCUT2D eigenvalue weighted by Gasteiger charge is 2.37. The van der Waals surface area contributed by atoms with Gasteiger partial charge in [-0.25, -0.2) is 14.4 Å². The van der Waals surface area contributed by atoms with Gasteiger partial charge in [0.25, 0.3) is 0 Å². The van der Waals surface area contributed by atoms with E-state index < -0.39 is 24.2 Å². The van der Waals surface area contributed by atoms with Crippen molar-refractivity contribution in [2.75, 3.05) is 13.2 Å². The van der Waals surface area contributed by atoms with Crippen LogP contribution < -0.4 is 5.73 Å². The normalized spacial score (nSPS) is 12.3. The maximum absolute atomic E-state index is 12.9. The van der Waals surface area contributed by atoms with E-state index in [4.69, 9.17) is 15.2 Å². The van der Waals surface area contributed by atoms with E-state index in [2.05, 4.69) is 12.6 Å². The number of imide groups is 1. The number of ether oxygens (including phenoxy) is 2. The number of carbonyl (C=O) groups is 3. The lowest BCUT2D eigenvalue weighted by Gasteiger charge is -2.26. The molecule has 0 unspecified atom stereocenters. The predicted octanol–water partition coefficient (Wildman–Crippen LogP) is 4.10. The zero-order valence-electron chi connectivity index (χ0n) is 18.4. The van der Waals surface area contributed by atoms with Crippen molar-refractivity contribution in [2.24, 2.45) is 5.73 Å². The molecule has 8 heteroatoms. The molecule has 0 saturated carbocycles. The van der Waals surface area contributed by atoms with Crippen LogP contribution in [0.2, 0.25) is 0 Å². The molecule has 174 valence electrons. The van der Waals surface area contributed by atoms with E-state index in [1.54, 1.807) is 0 Å². The standard InChI is InChI=1S/C25H28N2O6/c1-2-14-32-24(30)27(22(23(28)29)12-5-6-13-26)25(31)33-16-18-9-7-11-20-19-10-4-3-8-17(19)15-21(18)20/h2-4,7-11,22H,1,5-6,12-16,26H2,(H,28,29)/t22-/m0/s1. The van der Waals surface area contributed by atoms with Gasteiger partial charge >= 0.3 is 18.2 Å². The van der Waals surface area contributed by atoms with Gasteiger partial charge in [0.15, 0.2) is 0 Å². The number of nitrogens with two attached hydrogens (primary N) is 1. The molecule has 0 aliphatic heterocycles. The molecule has 3 rings (SSSR count). The molecule has 1 aliphatic carbocycles. The molecule has 1 aliphatic rings. The molecule has 0 fully saturated rings. The van der Waals surface area contributed by atoms with Gasteiger partial charge in [-0.1, -0.05) is 55.1 Å². The molecule has 33 heavy (non-hydrogen) atoms. The van der Waals surface area contributed by atoms with Crippen LogP contribution in [0.15, 0.2) is 55.1 Å². The van der Waals surface area contributed by atoms with Crippen molar-refractivity contribution in [1.82, 2.24) is 4.90 Å². The van der Waals surface area contributed by atoms with E-state index in [1.165, 1.54) is 11.6 Å². The number of unbranched alkanes of at least 4 members (excludes halogenated alkanes) is 1. The number of fused-ring (bicyclic) bond motifs is 3. The minimum absolute atomic E-state index is 0.0425. The smallest absolute Gasteiger partial charge is 0.420 e. The highest BCUT2D eigenvalue weighted by Crippen LogP contribution is 2.38. The second kappa shape index (κ2) is 11.3. The average Bonchev–Trinajstić information content (AvgIpc) is 3.20. The van der Waals surface area contributed by atoms with E-state index in [9.17, 15) is 19.5 Å². The van der Waals surface area contributed by atoms with E-state index in [1.807, 2.05) is 36.4 Å². The van der Waals surface area contributed by atoms with Gasteiger partial charge in [0.1, 0.15) is 19.3 Å². The largest absolute Gasteiger partial charge is 0.480 e. The summed E-state index contributed by atoms with van der Waals surface area (Å²) in [6, 6.07) is 12.4. The number of hydrogen-bond acceptors (Lipinski definition) is 6. The number of rotatable bonds is 10. The first kappa shape index (κ1) is 24.0. The topological polar surface area (TPSA) is 119 Å². The molecule has 0 aromatic heterocycles. The van der Waals surface area contributed by atoms with Crippen molar-refractivity contribution in [3.8, 4) is 11.1 Å². The molecule has 0 bridgehead atoms. The molecule has 2 amide bonds. The van der Waals surface area contributed by atoms with E-state index in [0.717, 1.165) is 22.3 Å². The number of hydrogen-bond donors (Lipinski definition) is 2. The number of benzene rings is 2. The monoisotopic (exact) mass is 452 g/mol. The van der Waals surface area contributed by atoms with Gasteiger partial charge < -0.3 is 20.3 Å². The maximum atomic E-state index is 12.9. The Balaban J connectivity index is 1.78. The summed E-state index contributed by atoms with van der Waals surface area (Å²) in [7, 11) is 0. The Morgan fingerprint density at radius 1 is 1.06 bits per heavy atom. The van der Waals surface area contributed by atoms with Crippen LogP contribution in [0.5, 0.6) is 0 Å². The summed E-state index contributed by atoms with van der Waals surface area (Å²) in [5.41, 5.74) is 10.7. The molecule has 0 radical (unpaired) electrons. The SMILES string of the molecule is C=CCOC(=O)N(C(=O)OCc1cccc2c1Cc1ccccc1-2)[C@@H](CCCCN)C(=O)O. The fraction of sp³-hybridized carbons (Fsp3) is 0.320. The molecule has 0 saturated heterocycles. The second-order valence-electron chi connectivity index (χ2n) is 7.71. The maximum Gasteiger partial charge on any atom is 0.420 e. The van der Waals surface area contributed by atoms with Gasteiger partial charge in [-0.2, -0.15) is 4.90 Å². The second-order valence-corrected chi connectivity index (χ2v) is 7.71. The lowest BCUT2D eigenvalue weighted by Crippen LogP contribution is -2.49. The van der Waals surface area contributed by atoms with Crippen molar-refractivity contribution in [3.05, 3.63) is 71.8 Å². The Kier molecular flexibility index (Phi) is 8.21. The van der Waals surface area contributed by atoms with Gasteiger partial charge in [0.05, 0.1) is 0 Å². The van der Waals surface area contributed by atoms with Gasteiger partial charge in [-0.05, 0) is 60.0 Å². The summed E-state index contributed by atoms with van der Waals surface area (Å²) in [6.07, 6.45) is 0.906. The van der Waals surface area contributed by atoms with Crippen molar-refractivity contribution in [3.63, 3.8) is 0 Å². The number of amides is 2. The Labute approximate surface area is 192 Å². The first-order valence-electron chi connectivity index (χ1n) is 10.8. The highest BCUT2D eigenvalue weighted by atomic mass is 16.6. The fourth-order valence-electron chi connectivity index (χ4n) is 3.94. The first-order chi connectivity index (χ1) is 16.0. The average molecular weight is 453 g/mol. The molecule has 3 N–H and O–H groups in total. The molecule has 0 spiro atoms. The van der Waals surface area contributed by atoms with Crippen molar-refractivity contribution in [1.29, 1.82) is 0 Å². The minimum atomic E-state index is -1.42. The molecule has 8 nitrogen and oxygen atoms in total. The van der Waals surface area contributed by atoms with Crippen LogP contribution in [0.1, 0.15) is 36.0 Å². The van der Waals surface area contributed by atoms with Crippen molar-refractivity contribution >= 4 is 18.2 Å². The summed E-state index contributed by atoms with van der Waals surface area (Å²) < 4.78 is 10.4. The third kappa shape index (κ3) is 5.59. The third-order valence-electron chi connectivity index (χ3n) is 5.55. The number of nitrogens with zero attached hydrogens (tertiary/aromatic N) is 1. The van der Waals surface area contributed by atoms with E-state index >= 15 is 0 Å². The van der Waals surface area contributed by atoms with Gasteiger partial charge in [-0.15, -0.1) is 0 Å². The molecule has 1 atom stereocenters. The fourth-order valence-corrected chi connectivity index (χ4v) is 3.94. The number of carboxylic acids is 1. The van der Waals surface area contributed by atoms with Crippen LogP contribution in [0.3, 0.4) is 0 Å². The predicted molar refractivity (Wildman–Crippen MR) is 123 cm³/mol. The Bertz CT molecular complexity index is 1040. The van der Waals surface area contributed by atoms with Gasteiger partial charge in [-0.3, -0.25) is 0 Å². The first-order valence-corrected chi connectivity index (χ1v) is 10.8. The van der Waals surface area contributed by atoms with Crippen LogP contribution in [-0.4, -0.2) is 47.4 Å². The van der Waals surface area contributed by atoms with Crippen LogP contribution in [0.4, 0.5) is 9.59 Å². The highest BCUT2D eigenvalue weighted by molar-refractivity contribution is 5.93. The molecular weight excluding hydrogens is 424 g/mol. The summed E-state index contributed by atoms with van der Waals surface area (Å²) in [5, 5.41) is 9.67. The molecular formula is C25H28N2O6. The minimum Gasteiger partial charge on any atom is -0.480 e. The Morgan fingerprint density at radius 2 is 1.79 bits per heavy atom. The Hall–Kier alpha value is -3.65. The summed E-state index contributed by atoms with van der Waals surface area (Å²) in [6.45, 7) is 3.57. The molecule has 0 heterocycles. The van der Waals surface area contributed by atoms with Crippen molar-refractivity contribution < 1.29 is 29.0 Å². The lowest BCUT2D eigenvalue weighted by molar-refractivity contribution is -0.142. The van der Waals surface area contributed by atoms with Crippen LogP contribution in [-0.2, 0) is 27.3 Å². The number of carboxylic acid groups (broad SMARTS) is 1. The van der Waals surface area contributed by atoms with Crippen LogP contribution in [0, 0.1) is 0 Å². The number of aliphatic carboxylic acids is 1. The van der Waals surface area contributed by atoms with Gasteiger partial charge in [0, 0.05) is 0 Å². The Morgan fingerprint density at radius 3 is 2.52 bits per heavy atom. The summed E-state index contributed by atoms with van der Waals surface area (Å²) in [5.74, 6) is -1.32. The summed E-state index contributed by atoms with van der Waals surface area (Å²) >= 11 is 0. The molecule has 2 aromatic carbocycles. The zero-order chi connectivity index (χ0) is 23.8. The van der Waals surface area contributed by atoms with Crippen LogP contribution in [0.25, 0.3) is 11.1 Å². The molecule has 2 aromatic rings. The van der Waals surface area contributed by atoms with Crippen LogP contribution >= 0.6 is 0 Å². The quantitative estimate of drug-likeness (QED) is 0.351.